The van der Waals surface area contributed by atoms with E-state index < -0.39 is 23.5 Å². The second-order valence-corrected chi connectivity index (χ2v) is 5.78. The van der Waals surface area contributed by atoms with Gasteiger partial charge in [0.25, 0.3) is 5.91 Å². The lowest BCUT2D eigenvalue weighted by atomic mass is 10.1. The number of benzene rings is 2. The van der Waals surface area contributed by atoms with E-state index in [-0.39, 0.29) is 30.6 Å². The maximum absolute atomic E-state index is 13.2. The van der Waals surface area contributed by atoms with Crippen LogP contribution in [-0.2, 0) is 4.79 Å². The van der Waals surface area contributed by atoms with Crippen LogP contribution in [0.25, 0.3) is 0 Å². The van der Waals surface area contributed by atoms with E-state index in [4.69, 9.17) is 9.84 Å². The summed E-state index contributed by atoms with van der Waals surface area (Å²) in [6.07, 6.45) is 0.443. The van der Waals surface area contributed by atoms with Gasteiger partial charge in [-0.3, -0.25) is 9.59 Å². The highest BCUT2D eigenvalue weighted by molar-refractivity contribution is 5.95. The van der Waals surface area contributed by atoms with Gasteiger partial charge in [-0.2, -0.15) is 0 Å². The van der Waals surface area contributed by atoms with Gasteiger partial charge in [0.15, 0.2) is 11.6 Å². The molecule has 3 rings (SSSR count). The number of halogens is 3. The molecule has 0 spiro atoms. The summed E-state index contributed by atoms with van der Waals surface area (Å²) in [5, 5.41) is 8.99. The maximum atomic E-state index is 13.2. The van der Waals surface area contributed by atoms with E-state index in [1.54, 1.807) is 24.3 Å². The van der Waals surface area contributed by atoms with Crippen molar-refractivity contribution in [2.24, 2.45) is 5.92 Å². The van der Waals surface area contributed by atoms with E-state index in [1.165, 1.54) is 11.0 Å². The lowest BCUT2D eigenvalue weighted by Crippen LogP contribution is -2.29. The van der Waals surface area contributed by atoms with Crippen molar-refractivity contribution in [1.29, 1.82) is 0 Å². The van der Waals surface area contributed by atoms with E-state index in [9.17, 15) is 18.4 Å². The van der Waals surface area contributed by atoms with Crippen molar-refractivity contribution in [2.75, 3.05) is 13.1 Å². The second-order valence-electron chi connectivity index (χ2n) is 5.78. The molecule has 1 aliphatic heterocycles. The smallest absolute Gasteiger partial charge is 0.308 e. The highest BCUT2D eigenvalue weighted by Gasteiger charge is 2.31. The predicted octanol–water partition coefficient (Wildman–Crippen LogP) is 3.73. The van der Waals surface area contributed by atoms with Gasteiger partial charge >= 0.3 is 5.97 Å². The molecule has 0 radical (unpaired) electrons. The molecule has 2 aromatic carbocycles. The molecule has 5 nitrogen and oxygen atoms in total. The minimum atomic E-state index is -1.01. The first-order valence-corrected chi connectivity index (χ1v) is 7.69. The monoisotopic (exact) mass is 383 g/mol. The average Bonchev–Trinajstić information content (AvgIpc) is 3.09. The number of rotatable bonds is 4. The molecular formula is C18H16ClF2NO4. The van der Waals surface area contributed by atoms with Gasteiger partial charge in [-0.05, 0) is 42.8 Å². The molecule has 26 heavy (non-hydrogen) atoms. The van der Waals surface area contributed by atoms with Crippen LogP contribution in [0.3, 0.4) is 0 Å². The Labute approximate surface area is 154 Å². The molecule has 0 aliphatic carbocycles. The quantitative estimate of drug-likeness (QED) is 0.873. The summed E-state index contributed by atoms with van der Waals surface area (Å²) < 4.78 is 31.5. The van der Waals surface area contributed by atoms with Crippen LogP contribution in [0.4, 0.5) is 8.78 Å². The largest absolute Gasteiger partial charge is 0.481 e. The number of amides is 1. The number of carboxylic acid groups (broad SMARTS) is 1. The molecule has 138 valence electrons. The molecule has 2 aromatic rings. The van der Waals surface area contributed by atoms with Crippen LogP contribution in [0.1, 0.15) is 16.8 Å². The van der Waals surface area contributed by atoms with Crippen molar-refractivity contribution >= 4 is 24.3 Å². The minimum Gasteiger partial charge on any atom is -0.481 e. The van der Waals surface area contributed by atoms with Crippen LogP contribution in [0.2, 0.25) is 0 Å². The van der Waals surface area contributed by atoms with E-state index >= 15 is 0 Å². The van der Waals surface area contributed by atoms with Gasteiger partial charge in [-0.15, -0.1) is 12.4 Å². The number of carboxylic acids is 1. The molecule has 1 saturated heterocycles. The molecule has 1 aliphatic rings. The molecule has 1 N–H and O–H groups in total. The van der Waals surface area contributed by atoms with Crippen molar-refractivity contribution in [3.63, 3.8) is 0 Å². The lowest BCUT2D eigenvalue weighted by molar-refractivity contribution is -0.141. The van der Waals surface area contributed by atoms with Crippen molar-refractivity contribution in [3.05, 3.63) is 59.7 Å². The SMILES string of the molecule is Cl.O=C(O)C1CCN(C(=O)c2ccc(Oc3ccc(F)c(F)c3)cc2)C1. The minimum absolute atomic E-state index is 0. The van der Waals surface area contributed by atoms with Gasteiger partial charge in [0.2, 0.25) is 0 Å². The second kappa shape index (κ2) is 8.14. The Hall–Kier alpha value is -2.67. The average molecular weight is 384 g/mol. The zero-order chi connectivity index (χ0) is 18.0. The van der Waals surface area contributed by atoms with Gasteiger partial charge in [-0.25, -0.2) is 8.78 Å². The fourth-order valence-corrected chi connectivity index (χ4v) is 2.67. The number of carbonyl (C=O) groups is 2. The van der Waals surface area contributed by atoms with E-state index in [1.807, 2.05) is 0 Å². The van der Waals surface area contributed by atoms with Gasteiger partial charge < -0.3 is 14.7 Å². The number of hydrogen-bond acceptors (Lipinski definition) is 3. The molecule has 1 heterocycles. The summed E-state index contributed by atoms with van der Waals surface area (Å²) in [6.45, 7) is 0.601. The summed E-state index contributed by atoms with van der Waals surface area (Å²) in [5.74, 6) is -3.13. The number of hydrogen-bond donors (Lipinski definition) is 1. The Morgan fingerprint density at radius 1 is 1.04 bits per heavy atom. The first-order chi connectivity index (χ1) is 11.9. The van der Waals surface area contributed by atoms with Gasteiger partial charge in [0, 0.05) is 24.7 Å². The Kier molecular flexibility index (Phi) is 6.15. The molecule has 8 heteroatoms. The van der Waals surface area contributed by atoms with Crippen LogP contribution in [0.15, 0.2) is 42.5 Å². The third-order valence-electron chi connectivity index (χ3n) is 4.05. The topological polar surface area (TPSA) is 66.8 Å². The number of nitrogens with zero attached hydrogens (tertiary/aromatic N) is 1. The molecule has 0 aromatic heterocycles. The molecule has 1 amide bonds. The third-order valence-corrected chi connectivity index (χ3v) is 4.05. The lowest BCUT2D eigenvalue weighted by Gasteiger charge is -2.16. The molecule has 1 fully saturated rings. The zero-order valence-corrected chi connectivity index (χ0v) is 14.3. The van der Waals surface area contributed by atoms with Crippen molar-refractivity contribution < 1.29 is 28.2 Å². The Morgan fingerprint density at radius 2 is 1.69 bits per heavy atom. The first kappa shape index (κ1) is 19.7. The Morgan fingerprint density at radius 3 is 2.27 bits per heavy atom. The molecule has 0 saturated carbocycles. The van der Waals surface area contributed by atoms with Crippen LogP contribution in [0, 0.1) is 17.6 Å². The van der Waals surface area contributed by atoms with Crippen molar-refractivity contribution in [3.8, 4) is 11.5 Å². The van der Waals surface area contributed by atoms with Gasteiger partial charge in [-0.1, -0.05) is 0 Å². The zero-order valence-electron chi connectivity index (χ0n) is 13.5. The summed E-state index contributed by atoms with van der Waals surface area (Å²) in [4.78, 5) is 24.8. The summed E-state index contributed by atoms with van der Waals surface area (Å²) in [6, 6.07) is 9.38. The maximum Gasteiger partial charge on any atom is 0.308 e. The van der Waals surface area contributed by atoms with Crippen LogP contribution in [0.5, 0.6) is 11.5 Å². The van der Waals surface area contributed by atoms with Crippen LogP contribution >= 0.6 is 12.4 Å². The van der Waals surface area contributed by atoms with E-state index in [0.29, 0.717) is 24.3 Å². The standard InChI is InChI=1S/C18H15F2NO4.ClH/c19-15-6-5-14(9-16(15)20)25-13-3-1-11(2-4-13)17(22)21-8-7-12(10-21)18(23)24;/h1-6,9,12H,7-8,10H2,(H,23,24);1H. The van der Waals surface area contributed by atoms with Gasteiger partial charge in [0.1, 0.15) is 11.5 Å². The first-order valence-electron chi connectivity index (χ1n) is 7.69. The Bertz CT molecular complexity index is 813. The van der Waals surface area contributed by atoms with Crippen molar-refractivity contribution in [2.45, 2.75) is 6.42 Å². The summed E-state index contributed by atoms with van der Waals surface area (Å²) in [5.41, 5.74) is 0.406. The number of likely N-dealkylation sites (tertiary alicyclic amines) is 1. The van der Waals surface area contributed by atoms with Gasteiger partial charge in [0.05, 0.1) is 5.92 Å². The highest BCUT2D eigenvalue weighted by atomic mass is 35.5. The molecule has 0 bridgehead atoms. The van der Waals surface area contributed by atoms with E-state index in [2.05, 4.69) is 0 Å². The summed E-state index contributed by atoms with van der Waals surface area (Å²) in [7, 11) is 0. The normalized spacial score (nSPS) is 16.1. The fourth-order valence-electron chi connectivity index (χ4n) is 2.67. The van der Waals surface area contributed by atoms with Crippen LogP contribution in [-0.4, -0.2) is 35.0 Å². The van der Waals surface area contributed by atoms with Crippen molar-refractivity contribution in [1.82, 2.24) is 4.90 Å². The third kappa shape index (κ3) is 4.29. The van der Waals surface area contributed by atoms with Crippen LogP contribution < -0.4 is 4.74 Å². The summed E-state index contributed by atoms with van der Waals surface area (Å²) >= 11 is 0. The van der Waals surface area contributed by atoms with E-state index in [0.717, 1.165) is 12.1 Å². The number of aliphatic carboxylic acids is 1. The Balaban J connectivity index is 0.00000243. The highest BCUT2D eigenvalue weighted by Crippen LogP contribution is 2.25. The molecular weight excluding hydrogens is 368 g/mol. The number of carbonyl (C=O) groups excluding carboxylic acids is 1. The predicted molar refractivity (Wildman–Crippen MR) is 91.8 cm³/mol. The molecule has 1 atom stereocenters. The molecule has 1 unspecified atom stereocenters. The number of ether oxygens (including phenoxy) is 1. The fraction of sp³-hybridized carbons (Fsp3) is 0.222.